The SMILES string of the molecule is COc1cc(C=O)ccc1OCC(=O)OCC(=O)N(C)Cc1ccc(N(C)C)cc1. The number of benzene rings is 2. The molecule has 8 heteroatoms. The third-order valence-electron chi connectivity index (χ3n) is 4.32. The Bertz CT molecular complexity index is 880. The van der Waals surface area contributed by atoms with Gasteiger partial charge in [0.05, 0.1) is 7.11 Å². The minimum atomic E-state index is -0.686. The van der Waals surface area contributed by atoms with Gasteiger partial charge in [0.1, 0.15) is 6.29 Å². The number of esters is 1. The van der Waals surface area contributed by atoms with E-state index in [9.17, 15) is 14.4 Å². The highest BCUT2D eigenvalue weighted by molar-refractivity contribution is 5.81. The lowest BCUT2D eigenvalue weighted by Crippen LogP contribution is -2.31. The van der Waals surface area contributed by atoms with Crippen molar-refractivity contribution in [2.45, 2.75) is 6.54 Å². The van der Waals surface area contributed by atoms with Gasteiger partial charge in [0.2, 0.25) is 0 Å². The van der Waals surface area contributed by atoms with Crippen LogP contribution < -0.4 is 14.4 Å². The van der Waals surface area contributed by atoms with Gasteiger partial charge in [-0.25, -0.2) is 4.79 Å². The quantitative estimate of drug-likeness (QED) is 0.435. The first-order chi connectivity index (χ1) is 14.3. The number of hydrogen-bond acceptors (Lipinski definition) is 7. The molecule has 0 bridgehead atoms. The van der Waals surface area contributed by atoms with Crippen LogP contribution in [0, 0.1) is 0 Å². The molecule has 2 rings (SSSR count). The molecular weight excluding hydrogens is 388 g/mol. The van der Waals surface area contributed by atoms with Gasteiger partial charge in [-0.2, -0.15) is 0 Å². The molecule has 0 unspecified atom stereocenters. The number of methoxy groups -OCH3 is 1. The van der Waals surface area contributed by atoms with Crippen molar-refractivity contribution in [3.63, 3.8) is 0 Å². The van der Waals surface area contributed by atoms with E-state index in [0.717, 1.165) is 11.3 Å². The maximum Gasteiger partial charge on any atom is 0.344 e. The highest BCUT2D eigenvalue weighted by Crippen LogP contribution is 2.27. The lowest BCUT2D eigenvalue weighted by molar-refractivity contribution is -0.153. The molecule has 8 nitrogen and oxygen atoms in total. The second-order valence-electron chi connectivity index (χ2n) is 6.79. The second kappa shape index (κ2) is 10.8. The molecule has 0 saturated carbocycles. The van der Waals surface area contributed by atoms with Crippen molar-refractivity contribution >= 4 is 23.9 Å². The Kier molecular flexibility index (Phi) is 8.22. The van der Waals surface area contributed by atoms with Gasteiger partial charge >= 0.3 is 5.97 Å². The van der Waals surface area contributed by atoms with Crippen LogP contribution in [0.1, 0.15) is 15.9 Å². The molecule has 0 heterocycles. The summed E-state index contributed by atoms with van der Waals surface area (Å²) < 4.78 is 15.5. The fraction of sp³-hybridized carbons (Fsp3) is 0.318. The number of amides is 1. The summed E-state index contributed by atoms with van der Waals surface area (Å²) in [5, 5.41) is 0. The maximum absolute atomic E-state index is 12.2. The molecule has 0 radical (unpaired) electrons. The summed E-state index contributed by atoms with van der Waals surface area (Å²) in [6.07, 6.45) is 0.680. The number of anilines is 1. The number of nitrogens with zero attached hydrogens (tertiary/aromatic N) is 2. The Morgan fingerprint density at radius 1 is 0.967 bits per heavy atom. The summed E-state index contributed by atoms with van der Waals surface area (Å²) in [6, 6.07) is 12.4. The van der Waals surface area contributed by atoms with Gasteiger partial charge in [0.25, 0.3) is 5.91 Å². The van der Waals surface area contributed by atoms with E-state index >= 15 is 0 Å². The molecule has 2 aromatic carbocycles. The number of ether oxygens (including phenoxy) is 3. The third-order valence-corrected chi connectivity index (χ3v) is 4.32. The number of rotatable bonds is 10. The molecule has 0 atom stereocenters. The van der Waals surface area contributed by atoms with Gasteiger partial charge in [-0.15, -0.1) is 0 Å². The van der Waals surface area contributed by atoms with Crippen molar-refractivity contribution in [1.29, 1.82) is 0 Å². The molecule has 2 aromatic rings. The average molecular weight is 414 g/mol. The molecule has 0 spiro atoms. The smallest absolute Gasteiger partial charge is 0.344 e. The zero-order valence-corrected chi connectivity index (χ0v) is 17.6. The number of aldehydes is 1. The first-order valence-electron chi connectivity index (χ1n) is 9.26. The van der Waals surface area contributed by atoms with E-state index in [1.165, 1.54) is 24.1 Å². The molecule has 160 valence electrons. The standard InChI is InChI=1S/C22H26N2O6/c1-23(2)18-8-5-16(6-9-18)12-24(3)21(26)14-30-22(27)15-29-19-10-7-17(13-25)11-20(19)28-4/h5-11,13H,12,14-15H2,1-4H3. The van der Waals surface area contributed by atoms with Crippen LogP contribution in [0.25, 0.3) is 0 Å². The molecule has 1 amide bonds. The van der Waals surface area contributed by atoms with Gasteiger partial charge in [-0.1, -0.05) is 12.1 Å². The second-order valence-corrected chi connectivity index (χ2v) is 6.79. The summed E-state index contributed by atoms with van der Waals surface area (Å²) in [4.78, 5) is 38.4. The van der Waals surface area contributed by atoms with Crippen LogP contribution >= 0.6 is 0 Å². The van der Waals surface area contributed by atoms with E-state index in [1.54, 1.807) is 13.1 Å². The zero-order chi connectivity index (χ0) is 22.1. The summed E-state index contributed by atoms with van der Waals surface area (Å²) in [5.41, 5.74) is 2.46. The van der Waals surface area contributed by atoms with Crippen LogP contribution in [-0.4, -0.2) is 64.5 Å². The van der Waals surface area contributed by atoms with Crippen LogP contribution in [0.3, 0.4) is 0 Å². The molecule has 0 saturated heterocycles. The van der Waals surface area contributed by atoms with E-state index in [4.69, 9.17) is 14.2 Å². The predicted octanol–water partition coefficient (Wildman–Crippen LogP) is 2.15. The van der Waals surface area contributed by atoms with Crippen molar-refractivity contribution in [3.05, 3.63) is 53.6 Å². The first-order valence-corrected chi connectivity index (χ1v) is 9.26. The third kappa shape index (κ3) is 6.51. The Labute approximate surface area is 175 Å². The monoisotopic (exact) mass is 414 g/mol. The fourth-order valence-corrected chi connectivity index (χ4v) is 2.57. The van der Waals surface area contributed by atoms with Crippen LogP contribution in [0.15, 0.2) is 42.5 Å². The molecule has 0 aliphatic heterocycles. The van der Waals surface area contributed by atoms with Gasteiger partial charge < -0.3 is 24.0 Å². The minimum absolute atomic E-state index is 0.296. The van der Waals surface area contributed by atoms with Crippen molar-refractivity contribution < 1.29 is 28.6 Å². The Morgan fingerprint density at radius 2 is 1.67 bits per heavy atom. The van der Waals surface area contributed by atoms with Crippen LogP contribution in [0.5, 0.6) is 11.5 Å². The van der Waals surface area contributed by atoms with Gasteiger partial charge in [0.15, 0.2) is 24.7 Å². The van der Waals surface area contributed by atoms with Crippen LogP contribution in [0.2, 0.25) is 0 Å². The van der Waals surface area contributed by atoms with Gasteiger partial charge in [-0.05, 0) is 35.9 Å². The van der Waals surface area contributed by atoms with Crippen molar-refractivity contribution in [1.82, 2.24) is 4.90 Å². The largest absolute Gasteiger partial charge is 0.493 e. The molecule has 30 heavy (non-hydrogen) atoms. The normalized spacial score (nSPS) is 10.1. The minimum Gasteiger partial charge on any atom is -0.493 e. The Morgan fingerprint density at radius 3 is 2.27 bits per heavy atom. The Hall–Kier alpha value is -3.55. The van der Waals surface area contributed by atoms with Gasteiger partial charge in [-0.3, -0.25) is 9.59 Å². The topological polar surface area (TPSA) is 85.4 Å². The summed E-state index contributed by atoms with van der Waals surface area (Å²) in [7, 11) is 6.99. The molecule has 0 aromatic heterocycles. The number of carbonyl (C=O) groups is 3. The number of hydrogen-bond donors (Lipinski definition) is 0. The highest BCUT2D eigenvalue weighted by Gasteiger charge is 2.14. The molecule has 0 aliphatic carbocycles. The Balaban J connectivity index is 1.79. The predicted molar refractivity (Wildman–Crippen MR) is 112 cm³/mol. The van der Waals surface area contributed by atoms with E-state index in [-0.39, 0.29) is 19.1 Å². The van der Waals surface area contributed by atoms with E-state index in [2.05, 4.69) is 0 Å². The zero-order valence-electron chi connectivity index (χ0n) is 17.6. The molecule has 0 N–H and O–H groups in total. The van der Waals surface area contributed by atoms with Gasteiger partial charge in [0, 0.05) is 38.9 Å². The summed E-state index contributed by atoms with van der Waals surface area (Å²) >= 11 is 0. The van der Waals surface area contributed by atoms with Crippen molar-refractivity contribution in [3.8, 4) is 11.5 Å². The van der Waals surface area contributed by atoms with Crippen LogP contribution in [0.4, 0.5) is 5.69 Å². The lowest BCUT2D eigenvalue weighted by atomic mass is 10.2. The number of likely N-dealkylation sites (N-methyl/N-ethyl adjacent to an activating group) is 1. The van der Waals surface area contributed by atoms with E-state index < -0.39 is 5.97 Å². The fourth-order valence-electron chi connectivity index (χ4n) is 2.57. The molecule has 0 aliphatic rings. The maximum atomic E-state index is 12.2. The lowest BCUT2D eigenvalue weighted by Gasteiger charge is -2.18. The van der Waals surface area contributed by atoms with E-state index in [0.29, 0.717) is 29.9 Å². The highest BCUT2D eigenvalue weighted by atomic mass is 16.6. The molecular formula is C22H26N2O6. The average Bonchev–Trinajstić information content (AvgIpc) is 2.76. The first kappa shape index (κ1) is 22.7. The summed E-state index contributed by atoms with van der Waals surface area (Å²) in [5.74, 6) is -0.394. The number of carbonyl (C=O) groups excluding carboxylic acids is 3. The van der Waals surface area contributed by atoms with Crippen LogP contribution in [-0.2, 0) is 20.9 Å². The van der Waals surface area contributed by atoms with E-state index in [1.807, 2.05) is 43.3 Å². The summed E-state index contributed by atoms with van der Waals surface area (Å²) in [6.45, 7) is -0.365. The molecule has 0 fully saturated rings. The van der Waals surface area contributed by atoms with Crippen molar-refractivity contribution in [2.24, 2.45) is 0 Å². The van der Waals surface area contributed by atoms with Crippen molar-refractivity contribution in [2.75, 3.05) is 46.4 Å².